The third-order valence-electron chi connectivity index (χ3n) is 4.78. The van der Waals surface area contributed by atoms with Gasteiger partial charge < -0.3 is 19.7 Å². The number of hydrogen-bond acceptors (Lipinski definition) is 6. The SMILES string of the molecule is COc1ccc(CC(=O)N2CCC(NC(=O)c3cnccn3)CC2)cc1OC. The van der Waals surface area contributed by atoms with E-state index in [1.54, 1.807) is 20.3 Å². The van der Waals surface area contributed by atoms with Crippen LogP contribution in [0.4, 0.5) is 0 Å². The second kappa shape index (κ2) is 9.16. The molecular weight excluding hydrogens is 360 g/mol. The van der Waals surface area contributed by atoms with Gasteiger partial charge in [0.2, 0.25) is 5.91 Å². The first kappa shape index (κ1) is 19.6. The Kier molecular flexibility index (Phi) is 6.41. The van der Waals surface area contributed by atoms with Crippen LogP contribution in [0.2, 0.25) is 0 Å². The molecule has 0 saturated carbocycles. The first-order valence-corrected chi connectivity index (χ1v) is 9.16. The van der Waals surface area contributed by atoms with E-state index in [0.717, 1.165) is 5.56 Å². The maximum Gasteiger partial charge on any atom is 0.271 e. The second-order valence-electron chi connectivity index (χ2n) is 6.59. The molecule has 8 heteroatoms. The minimum absolute atomic E-state index is 0.0274. The molecule has 1 aromatic heterocycles. The molecule has 0 radical (unpaired) electrons. The van der Waals surface area contributed by atoms with Crippen molar-refractivity contribution in [3.63, 3.8) is 0 Å². The van der Waals surface area contributed by atoms with Gasteiger partial charge in [0, 0.05) is 31.5 Å². The Bertz CT molecular complexity index is 820. The Hall–Kier alpha value is -3.16. The number of aromatic nitrogens is 2. The van der Waals surface area contributed by atoms with Gasteiger partial charge in [-0.15, -0.1) is 0 Å². The Balaban J connectivity index is 1.50. The number of nitrogens with one attached hydrogen (secondary N) is 1. The third kappa shape index (κ3) is 4.76. The zero-order chi connectivity index (χ0) is 19.9. The lowest BCUT2D eigenvalue weighted by Gasteiger charge is -2.32. The van der Waals surface area contributed by atoms with Gasteiger partial charge in [-0.1, -0.05) is 6.07 Å². The summed E-state index contributed by atoms with van der Waals surface area (Å²) in [5.41, 5.74) is 1.18. The monoisotopic (exact) mass is 384 g/mol. The number of ether oxygens (including phenoxy) is 2. The Labute approximate surface area is 163 Å². The van der Waals surface area contributed by atoms with Crippen molar-refractivity contribution in [2.45, 2.75) is 25.3 Å². The van der Waals surface area contributed by atoms with Crippen LogP contribution in [-0.2, 0) is 11.2 Å². The molecule has 1 aliphatic rings. The zero-order valence-electron chi connectivity index (χ0n) is 16.1. The molecule has 1 fully saturated rings. The van der Waals surface area contributed by atoms with Crippen LogP contribution in [0.1, 0.15) is 28.9 Å². The van der Waals surface area contributed by atoms with Gasteiger partial charge in [0.25, 0.3) is 5.91 Å². The van der Waals surface area contributed by atoms with E-state index < -0.39 is 0 Å². The number of hydrogen-bond donors (Lipinski definition) is 1. The summed E-state index contributed by atoms with van der Waals surface area (Å²) in [6.07, 6.45) is 6.19. The fourth-order valence-corrected chi connectivity index (χ4v) is 3.23. The van der Waals surface area contributed by atoms with Gasteiger partial charge in [0.05, 0.1) is 26.8 Å². The van der Waals surface area contributed by atoms with Crippen molar-refractivity contribution >= 4 is 11.8 Å². The molecule has 0 bridgehead atoms. The summed E-state index contributed by atoms with van der Waals surface area (Å²) in [5.74, 6) is 1.07. The highest BCUT2D eigenvalue weighted by molar-refractivity contribution is 5.92. The van der Waals surface area contributed by atoms with E-state index in [0.29, 0.717) is 49.5 Å². The van der Waals surface area contributed by atoms with Crippen molar-refractivity contribution in [2.75, 3.05) is 27.3 Å². The van der Waals surface area contributed by atoms with E-state index >= 15 is 0 Å². The normalized spacial score (nSPS) is 14.4. The van der Waals surface area contributed by atoms with Crippen molar-refractivity contribution in [3.05, 3.63) is 48.0 Å². The standard InChI is InChI=1S/C20H24N4O4/c1-27-17-4-3-14(11-18(17)28-2)12-19(25)24-9-5-15(6-10-24)23-20(26)16-13-21-7-8-22-16/h3-4,7-8,11,13,15H,5-6,9-10,12H2,1-2H3,(H,23,26). The number of piperidine rings is 1. The topological polar surface area (TPSA) is 93.7 Å². The van der Waals surface area contributed by atoms with E-state index in [1.807, 2.05) is 17.0 Å². The van der Waals surface area contributed by atoms with Crippen LogP contribution in [0.5, 0.6) is 11.5 Å². The predicted molar refractivity (Wildman–Crippen MR) is 102 cm³/mol. The summed E-state index contributed by atoms with van der Waals surface area (Å²) in [6.45, 7) is 1.22. The molecule has 1 aliphatic heterocycles. The largest absolute Gasteiger partial charge is 0.493 e. The van der Waals surface area contributed by atoms with Crippen molar-refractivity contribution in [1.29, 1.82) is 0 Å². The van der Waals surface area contributed by atoms with Crippen LogP contribution in [0, 0.1) is 0 Å². The first-order valence-electron chi connectivity index (χ1n) is 9.16. The van der Waals surface area contributed by atoms with Gasteiger partial charge in [-0.05, 0) is 30.5 Å². The molecule has 1 N–H and O–H groups in total. The Morgan fingerprint density at radius 1 is 1.14 bits per heavy atom. The summed E-state index contributed by atoms with van der Waals surface area (Å²) in [7, 11) is 3.15. The van der Waals surface area contributed by atoms with Gasteiger partial charge in [-0.25, -0.2) is 4.98 Å². The highest BCUT2D eigenvalue weighted by Gasteiger charge is 2.24. The summed E-state index contributed by atoms with van der Waals surface area (Å²) in [6, 6.07) is 5.52. The number of carbonyl (C=O) groups is 2. The molecule has 0 unspecified atom stereocenters. The lowest BCUT2D eigenvalue weighted by Crippen LogP contribution is -2.47. The van der Waals surface area contributed by atoms with E-state index in [4.69, 9.17) is 9.47 Å². The molecular formula is C20H24N4O4. The van der Waals surface area contributed by atoms with Crippen LogP contribution < -0.4 is 14.8 Å². The minimum Gasteiger partial charge on any atom is -0.493 e. The molecule has 0 aliphatic carbocycles. The van der Waals surface area contributed by atoms with Crippen LogP contribution in [0.15, 0.2) is 36.8 Å². The molecule has 0 atom stereocenters. The van der Waals surface area contributed by atoms with E-state index in [2.05, 4.69) is 15.3 Å². The average Bonchev–Trinajstić information content (AvgIpc) is 2.74. The fraction of sp³-hybridized carbons (Fsp3) is 0.400. The number of nitrogens with zero attached hydrogens (tertiary/aromatic N) is 3. The van der Waals surface area contributed by atoms with E-state index in [-0.39, 0.29) is 17.9 Å². The van der Waals surface area contributed by atoms with Gasteiger partial charge in [0.15, 0.2) is 11.5 Å². The molecule has 2 amide bonds. The molecule has 2 heterocycles. The summed E-state index contributed by atoms with van der Waals surface area (Å²) in [5, 5.41) is 2.96. The number of amides is 2. The van der Waals surface area contributed by atoms with Crippen LogP contribution in [0.3, 0.4) is 0 Å². The molecule has 148 valence electrons. The number of benzene rings is 1. The molecule has 1 saturated heterocycles. The lowest BCUT2D eigenvalue weighted by atomic mass is 10.0. The second-order valence-corrected chi connectivity index (χ2v) is 6.59. The maximum atomic E-state index is 12.6. The van der Waals surface area contributed by atoms with Crippen molar-refractivity contribution < 1.29 is 19.1 Å². The quantitative estimate of drug-likeness (QED) is 0.810. The van der Waals surface area contributed by atoms with E-state index in [9.17, 15) is 9.59 Å². The maximum absolute atomic E-state index is 12.6. The predicted octanol–water partition coefficient (Wildman–Crippen LogP) is 1.46. The smallest absolute Gasteiger partial charge is 0.271 e. The van der Waals surface area contributed by atoms with Gasteiger partial charge >= 0.3 is 0 Å². The lowest BCUT2D eigenvalue weighted by molar-refractivity contribution is -0.131. The van der Waals surface area contributed by atoms with Crippen molar-refractivity contribution in [1.82, 2.24) is 20.2 Å². The van der Waals surface area contributed by atoms with E-state index in [1.165, 1.54) is 18.6 Å². The van der Waals surface area contributed by atoms with Crippen molar-refractivity contribution in [3.8, 4) is 11.5 Å². The molecule has 28 heavy (non-hydrogen) atoms. The van der Waals surface area contributed by atoms with Crippen LogP contribution in [0.25, 0.3) is 0 Å². The number of methoxy groups -OCH3 is 2. The van der Waals surface area contributed by atoms with Gasteiger partial charge in [-0.3, -0.25) is 14.6 Å². The summed E-state index contributed by atoms with van der Waals surface area (Å²) in [4.78, 5) is 34.5. The molecule has 1 aromatic carbocycles. The van der Waals surface area contributed by atoms with Gasteiger partial charge in [0.1, 0.15) is 5.69 Å². The van der Waals surface area contributed by atoms with Gasteiger partial charge in [-0.2, -0.15) is 0 Å². The summed E-state index contributed by atoms with van der Waals surface area (Å²) >= 11 is 0. The molecule has 0 spiro atoms. The minimum atomic E-state index is -0.233. The van der Waals surface area contributed by atoms with Crippen LogP contribution >= 0.6 is 0 Å². The highest BCUT2D eigenvalue weighted by Crippen LogP contribution is 2.28. The van der Waals surface area contributed by atoms with Crippen LogP contribution in [-0.4, -0.2) is 60.0 Å². The highest BCUT2D eigenvalue weighted by atomic mass is 16.5. The number of rotatable bonds is 6. The Morgan fingerprint density at radius 2 is 1.89 bits per heavy atom. The first-order chi connectivity index (χ1) is 13.6. The van der Waals surface area contributed by atoms with Crippen molar-refractivity contribution in [2.24, 2.45) is 0 Å². The summed E-state index contributed by atoms with van der Waals surface area (Å²) < 4.78 is 10.5. The zero-order valence-corrected chi connectivity index (χ0v) is 16.1. The number of carbonyl (C=O) groups excluding carboxylic acids is 2. The molecule has 8 nitrogen and oxygen atoms in total. The number of likely N-dealkylation sites (tertiary alicyclic amines) is 1. The average molecular weight is 384 g/mol. The molecule has 2 aromatic rings. The fourth-order valence-electron chi connectivity index (χ4n) is 3.23. The molecule has 3 rings (SSSR count). The Morgan fingerprint density at radius 3 is 2.54 bits per heavy atom. The third-order valence-corrected chi connectivity index (χ3v) is 4.78.